The number of amides is 1. The third kappa shape index (κ3) is 2.97. The van der Waals surface area contributed by atoms with Crippen molar-refractivity contribution in [2.75, 3.05) is 26.3 Å². The molecule has 2 N–H and O–H groups in total. The van der Waals surface area contributed by atoms with Gasteiger partial charge in [-0.05, 0) is 26.2 Å². The van der Waals surface area contributed by atoms with Crippen LogP contribution in [-0.4, -0.2) is 60.4 Å². The molecule has 0 aromatic rings. The first-order chi connectivity index (χ1) is 8.22. The monoisotopic (exact) mass is 242 g/mol. The van der Waals surface area contributed by atoms with Crippen molar-refractivity contribution in [2.24, 2.45) is 0 Å². The summed E-state index contributed by atoms with van der Waals surface area (Å²) in [6.07, 6.45) is 2.90. The van der Waals surface area contributed by atoms with Gasteiger partial charge in [0.1, 0.15) is 0 Å². The van der Waals surface area contributed by atoms with E-state index in [9.17, 15) is 4.79 Å². The molecule has 0 spiro atoms. The lowest BCUT2D eigenvalue weighted by molar-refractivity contribution is -0.135. The normalized spacial score (nSPS) is 36.4. The minimum atomic E-state index is -0.151. The van der Waals surface area contributed by atoms with Gasteiger partial charge in [-0.15, -0.1) is 0 Å². The van der Waals surface area contributed by atoms with Gasteiger partial charge in [0.15, 0.2) is 0 Å². The van der Waals surface area contributed by atoms with Crippen LogP contribution in [0.5, 0.6) is 0 Å². The molecule has 17 heavy (non-hydrogen) atoms. The molecule has 98 valence electrons. The Morgan fingerprint density at radius 1 is 1.53 bits per heavy atom. The number of hydrogen-bond acceptors (Lipinski definition) is 4. The van der Waals surface area contributed by atoms with E-state index in [1.165, 1.54) is 0 Å². The van der Waals surface area contributed by atoms with Crippen molar-refractivity contribution < 1.29 is 14.6 Å². The van der Waals surface area contributed by atoms with Crippen LogP contribution in [-0.2, 0) is 9.53 Å². The second-order valence-corrected chi connectivity index (χ2v) is 4.99. The maximum Gasteiger partial charge on any atom is 0.237 e. The van der Waals surface area contributed by atoms with E-state index in [1.54, 1.807) is 0 Å². The van der Waals surface area contributed by atoms with Crippen molar-refractivity contribution >= 4 is 5.91 Å². The van der Waals surface area contributed by atoms with E-state index in [2.05, 4.69) is 17.1 Å². The standard InChI is InChI=1S/C12H22N2O3/c1-9-8-17-10(7-15)6-14(9)11-4-2-3-5-13-12(11)16/h9-11,15H,2-8H2,1H3,(H,13,16). The molecular formula is C12H22N2O3. The molecule has 2 aliphatic rings. The van der Waals surface area contributed by atoms with Crippen LogP contribution >= 0.6 is 0 Å². The Morgan fingerprint density at radius 3 is 3.12 bits per heavy atom. The fourth-order valence-corrected chi connectivity index (χ4v) is 2.62. The zero-order valence-corrected chi connectivity index (χ0v) is 10.4. The summed E-state index contributed by atoms with van der Waals surface area (Å²) in [5.74, 6) is 0.132. The fraction of sp³-hybridized carbons (Fsp3) is 0.917. The van der Waals surface area contributed by atoms with Crippen LogP contribution in [0, 0.1) is 0 Å². The molecule has 1 amide bonds. The summed E-state index contributed by atoms with van der Waals surface area (Å²) in [6.45, 7) is 4.13. The number of aliphatic hydroxyl groups is 1. The van der Waals surface area contributed by atoms with E-state index < -0.39 is 0 Å². The smallest absolute Gasteiger partial charge is 0.237 e. The molecule has 0 aromatic carbocycles. The first-order valence-corrected chi connectivity index (χ1v) is 6.48. The van der Waals surface area contributed by atoms with Crippen LogP contribution in [0.4, 0.5) is 0 Å². The number of nitrogens with one attached hydrogen (secondary N) is 1. The van der Waals surface area contributed by atoms with Gasteiger partial charge in [0.05, 0.1) is 25.4 Å². The summed E-state index contributed by atoms with van der Waals surface area (Å²) in [5.41, 5.74) is 0. The quantitative estimate of drug-likeness (QED) is 0.700. The van der Waals surface area contributed by atoms with Crippen LogP contribution in [0.3, 0.4) is 0 Å². The number of rotatable bonds is 2. The van der Waals surface area contributed by atoms with Gasteiger partial charge in [-0.2, -0.15) is 0 Å². The number of nitrogens with zero attached hydrogens (tertiary/aromatic N) is 1. The highest BCUT2D eigenvalue weighted by Crippen LogP contribution is 2.20. The molecule has 2 heterocycles. The van der Waals surface area contributed by atoms with Crippen LogP contribution in [0.1, 0.15) is 26.2 Å². The summed E-state index contributed by atoms with van der Waals surface area (Å²) in [4.78, 5) is 14.2. The summed E-state index contributed by atoms with van der Waals surface area (Å²) in [7, 11) is 0. The van der Waals surface area contributed by atoms with Crippen LogP contribution < -0.4 is 5.32 Å². The average Bonchev–Trinajstić information content (AvgIpc) is 2.55. The molecule has 2 rings (SSSR count). The van der Waals surface area contributed by atoms with E-state index >= 15 is 0 Å². The molecular weight excluding hydrogens is 220 g/mol. The van der Waals surface area contributed by atoms with Crippen molar-refractivity contribution in [2.45, 2.75) is 44.4 Å². The highest BCUT2D eigenvalue weighted by molar-refractivity contribution is 5.82. The molecule has 0 bridgehead atoms. The Balaban J connectivity index is 2.04. The highest BCUT2D eigenvalue weighted by Gasteiger charge is 2.35. The third-order valence-electron chi connectivity index (χ3n) is 3.66. The Labute approximate surface area is 102 Å². The molecule has 2 saturated heterocycles. The average molecular weight is 242 g/mol. The van der Waals surface area contributed by atoms with Gasteiger partial charge in [-0.25, -0.2) is 0 Å². The highest BCUT2D eigenvalue weighted by atomic mass is 16.5. The summed E-state index contributed by atoms with van der Waals surface area (Å²) < 4.78 is 5.50. The van der Waals surface area contributed by atoms with E-state index in [-0.39, 0.29) is 30.7 Å². The summed E-state index contributed by atoms with van der Waals surface area (Å²) >= 11 is 0. The topological polar surface area (TPSA) is 61.8 Å². The predicted octanol–water partition coefficient (Wildman–Crippen LogP) is -0.263. The van der Waals surface area contributed by atoms with Crippen molar-refractivity contribution in [1.29, 1.82) is 0 Å². The molecule has 0 aliphatic carbocycles. The van der Waals surface area contributed by atoms with Gasteiger partial charge in [-0.3, -0.25) is 9.69 Å². The van der Waals surface area contributed by atoms with E-state index in [0.717, 1.165) is 25.8 Å². The molecule has 0 aromatic heterocycles. The molecule has 3 unspecified atom stereocenters. The zero-order valence-electron chi connectivity index (χ0n) is 10.4. The Hall–Kier alpha value is -0.650. The number of carbonyl (C=O) groups is 1. The van der Waals surface area contributed by atoms with Crippen LogP contribution in [0.25, 0.3) is 0 Å². The molecule has 3 atom stereocenters. The maximum atomic E-state index is 12.0. The van der Waals surface area contributed by atoms with Gasteiger partial charge in [-0.1, -0.05) is 0 Å². The minimum Gasteiger partial charge on any atom is -0.394 e. The second-order valence-electron chi connectivity index (χ2n) is 4.99. The molecule has 5 heteroatoms. The maximum absolute atomic E-state index is 12.0. The molecule has 0 radical (unpaired) electrons. The summed E-state index contributed by atoms with van der Waals surface area (Å²) in [6, 6.07) is 0.192. The van der Waals surface area contributed by atoms with Crippen molar-refractivity contribution in [3.8, 4) is 0 Å². The van der Waals surface area contributed by atoms with Crippen molar-refractivity contribution in [1.82, 2.24) is 10.2 Å². The number of ether oxygens (including phenoxy) is 1. The first kappa shape index (κ1) is 12.8. The lowest BCUT2D eigenvalue weighted by Gasteiger charge is -2.41. The number of hydrogen-bond donors (Lipinski definition) is 2. The lowest BCUT2D eigenvalue weighted by Crippen LogP contribution is -2.57. The minimum absolute atomic E-state index is 0.0254. The van der Waals surface area contributed by atoms with Crippen LogP contribution in [0.2, 0.25) is 0 Å². The molecule has 5 nitrogen and oxygen atoms in total. The van der Waals surface area contributed by atoms with E-state index in [4.69, 9.17) is 9.84 Å². The largest absolute Gasteiger partial charge is 0.394 e. The van der Waals surface area contributed by atoms with Gasteiger partial charge in [0.25, 0.3) is 0 Å². The summed E-state index contributed by atoms with van der Waals surface area (Å²) in [5, 5.41) is 12.1. The lowest BCUT2D eigenvalue weighted by atomic mass is 10.0. The van der Waals surface area contributed by atoms with Crippen LogP contribution in [0.15, 0.2) is 0 Å². The second kappa shape index (κ2) is 5.80. The SMILES string of the molecule is CC1COC(CO)CN1C1CCCCNC1=O. The Bertz CT molecular complexity index is 272. The van der Waals surface area contributed by atoms with Crippen molar-refractivity contribution in [3.63, 3.8) is 0 Å². The van der Waals surface area contributed by atoms with E-state index in [1.807, 2.05) is 0 Å². The molecule has 0 saturated carbocycles. The number of aliphatic hydroxyl groups excluding tert-OH is 1. The Kier molecular flexibility index (Phi) is 4.36. The molecule has 2 fully saturated rings. The van der Waals surface area contributed by atoms with Crippen molar-refractivity contribution in [3.05, 3.63) is 0 Å². The molecule has 2 aliphatic heterocycles. The fourth-order valence-electron chi connectivity index (χ4n) is 2.62. The predicted molar refractivity (Wildman–Crippen MR) is 63.6 cm³/mol. The van der Waals surface area contributed by atoms with E-state index in [0.29, 0.717) is 13.2 Å². The third-order valence-corrected chi connectivity index (χ3v) is 3.66. The van der Waals surface area contributed by atoms with Gasteiger partial charge < -0.3 is 15.2 Å². The number of carbonyl (C=O) groups excluding carboxylic acids is 1. The number of morpholine rings is 1. The van der Waals surface area contributed by atoms with Gasteiger partial charge in [0, 0.05) is 19.1 Å². The van der Waals surface area contributed by atoms with Gasteiger partial charge >= 0.3 is 0 Å². The zero-order chi connectivity index (χ0) is 12.3. The van der Waals surface area contributed by atoms with Gasteiger partial charge in [0.2, 0.25) is 5.91 Å². The Morgan fingerprint density at radius 2 is 2.35 bits per heavy atom. The first-order valence-electron chi connectivity index (χ1n) is 6.48.